The monoisotopic (exact) mass is 211 g/mol. The summed E-state index contributed by atoms with van der Waals surface area (Å²) in [6.45, 7) is 0. The van der Waals surface area contributed by atoms with Gasteiger partial charge in [0.2, 0.25) is 0 Å². The molecule has 0 saturated carbocycles. The van der Waals surface area contributed by atoms with Crippen molar-refractivity contribution < 1.29 is 4.79 Å². The van der Waals surface area contributed by atoms with Crippen LogP contribution in [-0.4, -0.2) is 16.6 Å². The van der Waals surface area contributed by atoms with Gasteiger partial charge in [-0.3, -0.25) is 4.57 Å². The van der Waals surface area contributed by atoms with E-state index in [1.807, 2.05) is 30.3 Å². The zero-order valence-electron chi connectivity index (χ0n) is 8.47. The third kappa shape index (κ3) is 1.12. The first-order chi connectivity index (χ1) is 7.79. The summed E-state index contributed by atoms with van der Waals surface area (Å²) in [4.78, 5) is 11.8. The third-order valence-corrected chi connectivity index (χ3v) is 2.86. The number of amides is 1. The molecule has 4 nitrogen and oxygen atoms in total. The molecule has 0 spiro atoms. The van der Waals surface area contributed by atoms with Gasteiger partial charge in [0.15, 0.2) is 0 Å². The summed E-state index contributed by atoms with van der Waals surface area (Å²) < 4.78 is 1.64. The van der Waals surface area contributed by atoms with Gasteiger partial charge in [-0.2, -0.15) is 5.26 Å². The van der Waals surface area contributed by atoms with E-state index in [0.29, 0.717) is 6.42 Å². The summed E-state index contributed by atoms with van der Waals surface area (Å²) >= 11 is 0. The molecule has 2 heterocycles. The second kappa shape index (κ2) is 3.11. The predicted octanol–water partition coefficient (Wildman–Crippen LogP) is 1.65. The molecule has 1 aromatic carbocycles. The number of para-hydroxylation sites is 1. The van der Waals surface area contributed by atoms with Gasteiger partial charge in [0, 0.05) is 17.5 Å². The summed E-state index contributed by atoms with van der Waals surface area (Å²) in [5, 5.41) is 12.5. The number of nitriles is 1. The number of rotatable bonds is 0. The summed E-state index contributed by atoms with van der Waals surface area (Å²) in [6.07, 6.45) is 0.566. The fraction of sp³-hybridized carbons (Fsp3) is 0.167. The van der Waals surface area contributed by atoms with Crippen molar-refractivity contribution in [3.63, 3.8) is 0 Å². The predicted molar refractivity (Wildman–Crippen MR) is 59.0 cm³/mol. The van der Waals surface area contributed by atoms with Crippen LogP contribution in [0.4, 0.5) is 4.79 Å². The van der Waals surface area contributed by atoms with E-state index in [9.17, 15) is 4.79 Å². The SMILES string of the molecule is N#CC1Cc2cc3ccccc3n2C(=O)N1. The number of fused-ring (bicyclic) bond motifs is 3. The van der Waals surface area contributed by atoms with Crippen LogP contribution >= 0.6 is 0 Å². The summed E-state index contributed by atoms with van der Waals surface area (Å²) in [7, 11) is 0. The van der Waals surface area contributed by atoms with E-state index in [1.165, 1.54) is 0 Å². The molecule has 1 aliphatic heterocycles. The number of aromatic nitrogens is 1. The largest absolute Gasteiger partial charge is 0.327 e. The van der Waals surface area contributed by atoms with Crippen molar-refractivity contribution in [2.75, 3.05) is 0 Å². The van der Waals surface area contributed by atoms with Crippen LogP contribution < -0.4 is 5.32 Å². The molecule has 2 aromatic rings. The van der Waals surface area contributed by atoms with E-state index >= 15 is 0 Å². The van der Waals surface area contributed by atoms with Gasteiger partial charge >= 0.3 is 6.03 Å². The molecule has 1 aromatic heterocycles. The van der Waals surface area contributed by atoms with Gasteiger partial charge in [-0.1, -0.05) is 18.2 Å². The molecule has 1 N–H and O–H groups in total. The minimum absolute atomic E-state index is 0.214. The molecular formula is C12H9N3O. The topological polar surface area (TPSA) is 57.8 Å². The highest BCUT2D eigenvalue weighted by Gasteiger charge is 2.25. The van der Waals surface area contributed by atoms with Crippen molar-refractivity contribution in [1.29, 1.82) is 5.26 Å². The first kappa shape index (κ1) is 8.98. The Balaban J connectivity index is 2.26. The number of nitrogens with zero attached hydrogens (tertiary/aromatic N) is 2. The van der Waals surface area contributed by atoms with Gasteiger partial charge in [-0.25, -0.2) is 4.79 Å². The number of hydrogen-bond donors (Lipinski definition) is 1. The van der Waals surface area contributed by atoms with Crippen LogP contribution in [0.5, 0.6) is 0 Å². The number of carbonyl (C=O) groups is 1. The average molecular weight is 211 g/mol. The molecule has 0 radical (unpaired) electrons. The minimum atomic E-state index is -0.413. The van der Waals surface area contributed by atoms with Crippen molar-refractivity contribution in [1.82, 2.24) is 9.88 Å². The molecule has 4 heteroatoms. The first-order valence-electron chi connectivity index (χ1n) is 5.09. The lowest BCUT2D eigenvalue weighted by Gasteiger charge is -2.20. The molecule has 78 valence electrons. The lowest BCUT2D eigenvalue weighted by molar-refractivity contribution is 0.237. The van der Waals surface area contributed by atoms with E-state index in [4.69, 9.17) is 5.26 Å². The molecule has 1 unspecified atom stereocenters. The Kier molecular flexibility index (Phi) is 1.74. The maximum absolute atomic E-state index is 11.8. The van der Waals surface area contributed by atoms with E-state index in [1.54, 1.807) is 4.57 Å². The van der Waals surface area contributed by atoms with Gasteiger partial charge in [0.05, 0.1) is 11.6 Å². The van der Waals surface area contributed by atoms with Gasteiger partial charge < -0.3 is 5.32 Å². The molecule has 0 saturated heterocycles. The standard InChI is InChI=1S/C12H9N3O/c13-7-9-6-10-5-8-3-1-2-4-11(8)15(10)12(16)14-9/h1-5,9H,6H2,(H,14,16). The maximum Gasteiger partial charge on any atom is 0.327 e. The van der Waals surface area contributed by atoms with Crippen molar-refractivity contribution in [2.24, 2.45) is 0 Å². The smallest absolute Gasteiger partial charge is 0.321 e. The van der Waals surface area contributed by atoms with Crippen molar-refractivity contribution in [3.8, 4) is 6.07 Å². The fourth-order valence-corrected chi connectivity index (χ4v) is 2.15. The van der Waals surface area contributed by atoms with E-state index < -0.39 is 6.04 Å². The zero-order valence-corrected chi connectivity index (χ0v) is 8.47. The highest BCUT2D eigenvalue weighted by atomic mass is 16.2. The highest BCUT2D eigenvalue weighted by Crippen LogP contribution is 2.22. The van der Waals surface area contributed by atoms with Gasteiger partial charge in [-0.15, -0.1) is 0 Å². The van der Waals surface area contributed by atoms with E-state index in [-0.39, 0.29) is 6.03 Å². The molecule has 0 aliphatic carbocycles. The third-order valence-electron chi connectivity index (χ3n) is 2.86. The quantitative estimate of drug-likeness (QED) is 0.720. The number of carbonyl (C=O) groups excluding carboxylic acids is 1. The lowest BCUT2D eigenvalue weighted by atomic mass is 10.1. The van der Waals surface area contributed by atoms with Crippen molar-refractivity contribution in [2.45, 2.75) is 12.5 Å². The molecule has 1 aliphatic rings. The van der Waals surface area contributed by atoms with Crippen LogP contribution in [0.15, 0.2) is 30.3 Å². The number of hydrogen-bond acceptors (Lipinski definition) is 2. The highest BCUT2D eigenvalue weighted by molar-refractivity contribution is 5.94. The molecular weight excluding hydrogens is 202 g/mol. The molecule has 1 amide bonds. The lowest BCUT2D eigenvalue weighted by Crippen LogP contribution is -2.43. The van der Waals surface area contributed by atoms with Crippen LogP contribution in [0.1, 0.15) is 5.69 Å². The first-order valence-corrected chi connectivity index (χ1v) is 5.09. The van der Waals surface area contributed by atoms with E-state index in [0.717, 1.165) is 16.6 Å². The molecule has 0 bridgehead atoms. The normalized spacial score (nSPS) is 18.9. The number of nitrogens with one attached hydrogen (secondary N) is 1. The fourth-order valence-electron chi connectivity index (χ4n) is 2.15. The average Bonchev–Trinajstić information content (AvgIpc) is 2.67. The Hall–Kier alpha value is -2.28. The van der Waals surface area contributed by atoms with Crippen molar-refractivity contribution >= 4 is 16.9 Å². The number of benzene rings is 1. The summed E-state index contributed by atoms with van der Waals surface area (Å²) in [5.74, 6) is 0. The van der Waals surface area contributed by atoms with Crippen LogP contribution in [0, 0.1) is 11.3 Å². The maximum atomic E-state index is 11.8. The van der Waals surface area contributed by atoms with Gasteiger partial charge in [0.1, 0.15) is 6.04 Å². The Morgan fingerprint density at radius 2 is 2.25 bits per heavy atom. The zero-order chi connectivity index (χ0) is 11.1. The molecule has 3 rings (SSSR count). The second-order valence-corrected chi connectivity index (χ2v) is 3.87. The summed E-state index contributed by atoms with van der Waals surface area (Å²) in [5.41, 5.74) is 1.79. The van der Waals surface area contributed by atoms with Crippen molar-refractivity contribution in [3.05, 3.63) is 36.0 Å². The van der Waals surface area contributed by atoms with Crippen LogP contribution in [0.3, 0.4) is 0 Å². The summed E-state index contributed by atoms with van der Waals surface area (Å²) in [6, 6.07) is 11.1. The van der Waals surface area contributed by atoms with Crippen LogP contribution in [0.2, 0.25) is 0 Å². The Morgan fingerprint density at radius 1 is 1.44 bits per heavy atom. The Morgan fingerprint density at radius 3 is 3.06 bits per heavy atom. The van der Waals surface area contributed by atoms with E-state index in [2.05, 4.69) is 11.4 Å². The Labute approximate surface area is 92.1 Å². The molecule has 1 atom stereocenters. The second-order valence-electron chi connectivity index (χ2n) is 3.87. The van der Waals surface area contributed by atoms with Crippen LogP contribution in [-0.2, 0) is 6.42 Å². The van der Waals surface area contributed by atoms with Gasteiger partial charge in [-0.05, 0) is 12.1 Å². The van der Waals surface area contributed by atoms with Gasteiger partial charge in [0.25, 0.3) is 0 Å². The molecule has 0 fully saturated rings. The van der Waals surface area contributed by atoms with Crippen LogP contribution in [0.25, 0.3) is 10.9 Å². The minimum Gasteiger partial charge on any atom is -0.321 e. The molecule has 16 heavy (non-hydrogen) atoms. The Bertz CT molecular complexity index is 621.